The van der Waals surface area contributed by atoms with Crippen molar-refractivity contribution >= 4 is 50.5 Å². The average Bonchev–Trinajstić information content (AvgIpc) is 2.76. The highest BCUT2D eigenvalue weighted by molar-refractivity contribution is 7.92. The van der Waals surface area contributed by atoms with Gasteiger partial charge in [-0.1, -0.05) is 48.3 Å². The highest BCUT2D eigenvalue weighted by Gasteiger charge is 2.18. The number of benzene rings is 3. The first-order valence-corrected chi connectivity index (χ1v) is 12.1. The summed E-state index contributed by atoms with van der Waals surface area (Å²) in [6.07, 6.45) is 0.0511. The summed E-state index contributed by atoms with van der Waals surface area (Å²) < 4.78 is 33.5. The maximum Gasteiger partial charge on any atom is 0.265 e. The standard InChI is InChI=1S/C23H22Cl2N2O4S/c1-3-16-6-4-5-7-22(16)31-15(2)23(28)26-18-9-11-19(12-10-18)32(29,30)27-21-13-8-17(24)14-20(21)25/h4-15,27H,3H2,1-2H3,(H,26,28)/t15-/m0/s1. The maximum absolute atomic E-state index is 12.6. The number of anilines is 2. The van der Waals surface area contributed by atoms with Gasteiger partial charge in [0.25, 0.3) is 15.9 Å². The minimum absolute atomic E-state index is 0.0164. The summed E-state index contributed by atoms with van der Waals surface area (Å²) in [4.78, 5) is 12.5. The van der Waals surface area contributed by atoms with E-state index in [0.29, 0.717) is 16.5 Å². The molecule has 1 amide bonds. The molecular formula is C23H22Cl2N2O4S. The second-order valence-electron chi connectivity index (χ2n) is 6.96. The number of halogens is 2. The van der Waals surface area contributed by atoms with Gasteiger partial charge < -0.3 is 10.1 Å². The molecule has 2 N–H and O–H groups in total. The number of para-hydroxylation sites is 1. The lowest BCUT2D eigenvalue weighted by Crippen LogP contribution is -2.30. The average molecular weight is 493 g/mol. The number of sulfonamides is 1. The van der Waals surface area contributed by atoms with E-state index in [1.807, 2.05) is 31.2 Å². The minimum Gasteiger partial charge on any atom is -0.481 e. The van der Waals surface area contributed by atoms with Gasteiger partial charge in [-0.3, -0.25) is 9.52 Å². The Morgan fingerprint density at radius 2 is 1.72 bits per heavy atom. The maximum atomic E-state index is 12.6. The van der Waals surface area contributed by atoms with Crippen molar-refractivity contribution in [2.24, 2.45) is 0 Å². The SMILES string of the molecule is CCc1ccccc1O[C@@H](C)C(=O)Nc1ccc(S(=O)(=O)Nc2ccc(Cl)cc2Cl)cc1. The summed E-state index contributed by atoms with van der Waals surface area (Å²) in [5.74, 6) is 0.309. The van der Waals surface area contributed by atoms with E-state index in [4.69, 9.17) is 27.9 Å². The van der Waals surface area contributed by atoms with Crippen LogP contribution in [0.2, 0.25) is 10.0 Å². The fourth-order valence-corrected chi connectivity index (χ4v) is 4.48. The number of hydrogen-bond donors (Lipinski definition) is 2. The van der Waals surface area contributed by atoms with E-state index >= 15 is 0 Å². The Morgan fingerprint density at radius 3 is 2.38 bits per heavy atom. The molecule has 0 unspecified atom stereocenters. The number of rotatable bonds is 8. The highest BCUT2D eigenvalue weighted by Crippen LogP contribution is 2.28. The van der Waals surface area contributed by atoms with Crippen LogP contribution in [0.15, 0.2) is 71.6 Å². The van der Waals surface area contributed by atoms with Crippen LogP contribution in [0.1, 0.15) is 19.4 Å². The van der Waals surface area contributed by atoms with Crippen LogP contribution in [0.25, 0.3) is 0 Å². The third kappa shape index (κ3) is 5.94. The van der Waals surface area contributed by atoms with Gasteiger partial charge in [-0.15, -0.1) is 0 Å². The molecule has 0 aromatic heterocycles. The van der Waals surface area contributed by atoms with Crippen molar-refractivity contribution in [3.05, 3.63) is 82.3 Å². The van der Waals surface area contributed by atoms with Crippen molar-refractivity contribution in [2.75, 3.05) is 10.0 Å². The molecule has 0 heterocycles. The van der Waals surface area contributed by atoms with Gasteiger partial charge in [0.15, 0.2) is 6.10 Å². The van der Waals surface area contributed by atoms with Crippen LogP contribution in [0.4, 0.5) is 11.4 Å². The Balaban J connectivity index is 1.66. The van der Waals surface area contributed by atoms with Gasteiger partial charge in [-0.25, -0.2) is 8.42 Å². The van der Waals surface area contributed by atoms with Crippen LogP contribution < -0.4 is 14.8 Å². The Hall–Kier alpha value is -2.74. The van der Waals surface area contributed by atoms with Crippen molar-refractivity contribution < 1.29 is 17.9 Å². The third-order valence-electron chi connectivity index (χ3n) is 4.63. The van der Waals surface area contributed by atoms with Gasteiger partial charge in [-0.05, 0) is 67.4 Å². The molecule has 168 valence electrons. The quantitative estimate of drug-likeness (QED) is 0.418. The lowest BCUT2D eigenvalue weighted by molar-refractivity contribution is -0.122. The van der Waals surface area contributed by atoms with Crippen molar-refractivity contribution in [1.29, 1.82) is 0 Å². The molecular weight excluding hydrogens is 471 g/mol. The van der Waals surface area contributed by atoms with E-state index < -0.39 is 16.1 Å². The molecule has 3 aromatic carbocycles. The van der Waals surface area contributed by atoms with Gasteiger partial charge >= 0.3 is 0 Å². The molecule has 0 radical (unpaired) electrons. The normalized spacial score (nSPS) is 12.1. The molecule has 1 atom stereocenters. The van der Waals surface area contributed by atoms with Gasteiger partial charge in [0.05, 0.1) is 15.6 Å². The van der Waals surface area contributed by atoms with E-state index in [9.17, 15) is 13.2 Å². The first-order valence-electron chi connectivity index (χ1n) is 9.83. The third-order valence-corrected chi connectivity index (χ3v) is 6.56. The number of nitrogens with one attached hydrogen (secondary N) is 2. The van der Waals surface area contributed by atoms with Crippen LogP contribution in [0.3, 0.4) is 0 Å². The molecule has 0 spiro atoms. The second kappa shape index (κ2) is 10.3. The molecule has 0 aliphatic carbocycles. The zero-order chi connectivity index (χ0) is 23.3. The zero-order valence-corrected chi connectivity index (χ0v) is 19.8. The predicted octanol–water partition coefficient (Wildman–Crippen LogP) is 5.76. The fourth-order valence-electron chi connectivity index (χ4n) is 2.89. The van der Waals surface area contributed by atoms with Crippen LogP contribution in [0.5, 0.6) is 5.75 Å². The zero-order valence-electron chi connectivity index (χ0n) is 17.4. The van der Waals surface area contributed by atoms with Gasteiger partial charge in [0.2, 0.25) is 0 Å². The largest absolute Gasteiger partial charge is 0.481 e. The topological polar surface area (TPSA) is 84.5 Å². The number of ether oxygens (including phenoxy) is 1. The van der Waals surface area contributed by atoms with Crippen LogP contribution >= 0.6 is 23.2 Å². The Kier molecular flexibility index (Phi) is 7.66. The Labute approximate surface area is 197 Å². The molecule has 9 heteroatoms. The Bertz CT molecular complexity index is 1210. The van der Waals surface area contributed by atoms with Crippen LogP contribution in [0, 0.1) is 0 Å². The number of amides is 1. The molecule has 0 saturated heterocycles. The van der Waals surface area contributed by atoms with E-state index in [2.05, 4.69) is 10.0 Å². The minimum atomic E-state index is -3.87. The molecule has 0 aliphatic heterocycles. The number of hydrogen-bond acceptors (Lipinski definition) is 4. The lowest BCUT2D eigenvalue weighted by Gasteiger charge is -2.17. The highest BCUT2D eigenvalue weighted by atomic mass is 35.5. The molecule has 32 heavy (non-hydrogen) atoms. The number of aryl methyl sites for hydroxylation is 1. The van der Waals surface area contributed by atoms with Crippen LogP contribution in [-0.4, -0.2) is 20.4 Å². The smallest absolute Gasteiger partial charge is 0.265 e. The van der Waals surface area contributed by atoms with E-state index in [0.717, 1.165) is 12.0 Å². The first kappa shape index (κ1) is 23.9. The number of carbonyl (C=O) groups is 1. The lowest BCUT2D eigenvalue weighted by atomic mass is 10.1. The van der Waals surface area contributed by atoms with Gasteiger partial charge in [0, 0.05) is 10.7 Å². The molecule has 0 bridgehead atoms. The predicted molar refractivity (Wildman–Crippen MR) is 128 cm³/mol. The molecule has 0 saturated carbocycles. The van der Waals surface area contributed by atoms with Gasteiger partial charge in [-0.2, -0.15) is 0 Å². The molecule has 0 fully saturated rings. The first-order chi connectivity index (χ1) is 15.2. The molecule has 3 rings (SSSR count). The molecule has 3 aromatic rings. The summed E-state index contributed by atoms with van der Waals surface area (Å²) in [5, 5.41) is 3.31. The van der Waals surface area contributed by atoms with Crippen molar-refractivity contribution in [3.8, 4) is 5.75 Å². The summed E-state index contributed by atoms with van der Waals surface area (Å²) in [6, 6.07) is 17.8. The monoisotopic (exact) mass is 492 g/mol. The fraction of sp³-hybridized carbons (Fsp3) is 0.174. The Morgan fingerprint density at radius 1 is 1.03 bits per heavy atom. The number of carbonyl (C=O) groups excluding carboxylic acids is 1. The van der Waals surface area contributed by atoms with E-state index in [1.54, 1.807) is 6.92 Å². The summed E-state index contributed by atoms with van der Waals surface area (Å²) in [6.45, 7) is 3.67. The van der Waals surface area contributed by atoms with Crippen LogP contribution in [-0.2, 0) is 21.2 Å². The van der Waals surface area contributed by atoms with E-state index in [-0.39, 0.29) is 21.5 Å². The molecule has 0 aliphatic rings. The van der Waals surface area contributed by atoms with Gasteiger partial charge in [0.1, 0.15) is 5.75 Å². The summed E-state index contributed by atoms with van der Waals surface area (Å²) in [5.41, 5.74) is 1.67. The van der Waals surface area contributed by atoms with Crippen molar-refractivity contribution in [1.82, 2.24) is 0 Å². The van der Waals surface area contributed by atoms with Crippen molar-refractivity contribution in [2.45, 2.75) is 31.3 Å². The summed E-state index contributed by atoms with van der Waals surface area (Å²) in [7, 11) is -3.87. The van der Waals surface area contributed by atoms with E-state index in [1.165, 1.54) is 42.5 Å². The second-order valence-corrected chi connectivity index (χ2v) is 9.49. The van der Waals surface area contributed by atoms with Crippen molar-refractivity contribution in [3.63, 3.8) is 0 Å². The molecule has 6 nitrogen and oxygen atoms in total. The summed E-state index contributed by atoms with van der Waals surface area (Å²) >= 11 is 11.9.